The summed E-state index contributed by atoms with van der Waals surface area (Å²) < 4.78 is 0. The molecule has 0 aromatic heterocycles. The lowest BCUT2D eigenvalue weighted by Crippen LogP contribution is -2.38. The number of nitrogens with one attached hydrogen (secondary N) is 1. The van der Waals surface area contributed by atoms with Crippen LogP contribution in [0.5, 0.6) is 0 Å². The van der Waals surface area contributed by atoms with Gasteiger partial charge in [0, 0.05) is 18.0 Å². The van der Waals surface area contributed by atoms with Crippen molar-refractivity contribution in [3.8, 4) is 0 Å². The van der Waals surface area contributed by atoms with E-state index in [1.54, 1.807) is 0 Å². The lowest BCUT2D eigenvalue weighted by Gasteiger charge is -2.36. The van der Waals surface area contributed by atoms with Gasteiger partial charge >= 0.3 is 0 Å². The number of benzene rings is 3. The second-order valence-electron chi connectivity index (χ2n) is 10.7. The maximum absolute atomic E-state index is 13.4. The molecule has 35 heavy (non-hydrogen) atoms. The molecule has 184 valence electrons. The number of hydrogen-bond donors (Lipinski definition) is 1. The molecular weight excluding hydrogens is 428 g/mol. The van der Waals surface area contributed by atoms with Crippen molar-refractivity contribution < 1.29 is 4.79 Å². The monoisotopic (exact) mass is 468 g/mol. The first-order valence-electron chi connectivity index (χ1n) is 13.1. The Bertz CT molecular complexity index is 1090. The summed E-state index contributed by atoms with van der Waals surface area (Å²) in [5.74, 6) is 0.501. The molecule has 1 N–H and O–H groups in total. The van der Waals surface area contributed by atoms with Crippen molar-refractivity contribution in [3.05, 3.63) is 107 Å². The maximum atomic E-state index is 13.4. The molecule has 1 fully saturated rings. The van der Waals surface area contributed by atoms with Crippen LogP contribution in [-0.2, 0) is 16.9 Å². The van der Waals surface area contributed by atoms with Crippen molar-refractivity contribution in [3.63, 3.8) is 0 Å². The average molecular weight is 469 g/mol. The van der Waals surface area contributed by atoms with Crippen LogP contribution in [0.2, 0.25) is 0 Å². The summed E-state index contributed by atoms with van der Waals surface area (Å²) in [6, 6.07) is 29.9. The van der Waals surface area contributed by atoms with Gasteiger partial charge in [-0.3, -0.25) is 9.69 Å². The fourth-order valence-electron chi connectivity index (χ4n) is 5.45. The van der Waals surface area contributed by atoms with E-state index in [0.717, 1.165) is 31.4 Å². The highest BCUT2D eigenvalue weighted by Gasteiger charge is 2.33. The van der Waals surface area contributed by atoms with E-state index < -0.39 is 0 Å². The molecule has 1 saturated carbocycles. The zero-order chi connectivity index (χ0) is 24.8. The van der Waals surface area contributed by atoms with Crippen LogP contribution in [0.15, 0.2) is 84.9 Å². The van der Waals surface area contributed by atoms with Gasteiger partial charge in [-0.15, -0.1) is 0 Å². The number of nitrogens with zero attached hydrogens (tertiary/aromatic N) is 1. The standard InChI is InChI=1S/C32H40N2O/c1-24(26-15-7-5-8-16-26)33-31(35)30-21-12-11-20-29(30)27-17-13-14-25(22-27)23-34(4)32(2,3)28-18-9-6-10-19-28/h5-10,13-19,22,24,29-30H,11-12,20-21,23H2,1-4H3,(H,33,35)/t24-,29?,30?/m0/s1. The molecule has 3 aromatic carbocycles. The molecule has 0 heterocycles. The van der Waals surface area contributed by atoms with Gasteiger partial charge in [0.05, 0.1) is 6.04 Å². The number of carbonyl (C=O) groups is 1. The first-order chi connectivity index (χ1) is 16.9. The molecule has 3 heteroatoms. The highest BCUT2D eigenvalue weighted by Crippen LogP contribution is 2.39. The van der Waals surface area contributed by atoms with Gasteiger partial charge in [0.25, 0.3) is 0 Å². The Morgan fingerprint density at radius 2 is 1.60 bits per heavy atom. The van der Waals surface area contributed by atoms with E-state index >= 15 is 0 Å². The summed E-state index contributed by atoms with van der Waals surface area (Å²) >= 11 is 0. The fourth-order valence-corrected chi connectivity index (χ4v) is 5.45. The molecule has 0 aliphatic heterocycles. The van der Waals surface area contributed by atoms with Gasteiger partial charge in [0.1, 0.15) is 0 Å². The molecule has 0 saturated heterocycles. The third-order valence-electron chi connectivity index (χ3n) is 7.99. The Labute approximate surface area is 211 Å². The molecule has 4 rings (SSSR count). The van der Waals surface area contributed by atoms with Crippen LogP contribution in [0.25, 0.3) is 0 Å². The molecule has 0 radical (unpaired) electrons. The number of rotatable bonds is 8. The fraction of sp³-hybridized carbons (Fsp3) is 0.406. The second kappa shape index (κ2) is 11.2. The van der Waals surface area contributed by atoms with Crippen LogP contribution in [0.3, 0.4) is 0 Å². The van der Waals surface area contributed by atoms with Crippen LogP contribution in [0.1, 0.15) is 80.7 Å². The first kappa shape index (κ1) is 25.2. The van der Waals surface area contributed by atoms with Crippen LogP contribution < -0.4 is 5.32 Å². The van der Waals surface area contributed by atoms with E-state index in [1.807, 2.05) is 18.2 Å². The van der Waals surface area contributed by atoms with Crippen molar-refractivity contribution >= 4 is 5.91 Å². The topological polar surface area (TPSA) is 32.3 Å². The first-order valence-corrected chi connectivity index (χ1v) is 13.1. The number of hydrogen-bond acceptors (Lipinski definition) is 2. The molecule has 2 unspecified atom stereocenters. The lowest BCUT2D eigenvalue weighted by molar-refractivity contribution is -0.127. The Hall–Kier alpha value is -2.91. The van der Waals surface area contributed by atoms with E-state index in [2.05, 4.69) is 105 Å². The molecule has 3 aromatic rings. The summed E-state index contributed by atoms with van der Waals surface area (Å²) in [6.07, 6.45) is 4.35. The van der Waals surface area contributed by atoms with Crippen LogP contribution in [0.4, 0.5) is 0 Å². The maximum Gasteiger partial charge on any atom is 0.224 e. The van der Waals surface area contributed by atoms with E-state index in [0.29, 0.717) is 0 Å². The van der Waals surface area contributed by atoms with Crippen molar-refractivity contribution in [1.29, 1.82) is 0 Å². The van der Waals surface area contributed by atoms with E-state index in [-0.39, 0.29) is 29.3 Å². The summed E-state index contributed by atoms with van der Waals surface area (Å²) in [4.78, 5) is 15.8. The number of amides is 1. The van der Waals surface area contributed by atoms with E-state index in [4.69, 9.17) is 0 Å². The van der Waals surface area contributed by atoms with Crippen molar-refractivity contribution in [2.24, 2.45) is 5.92 Å². The molecule has 3 atom stereocenters. The molecule has 1 amide bonds. The lowest BCUT2D eigenvalue weighted by atomic mass is 9.74. The summed E-state index contributed by atoms with van der Waals surface area (Å²) in [5.41, 5.74) is 5.00. The van der Waals surface area contributed by atoms with Gasteiger partial charge < -0.3 is 5.32 Å². The Balaban J connectivity index is 1.48. The largest absolute Gasteiger partial charge is 0.349 e. The second-order valence-corrected chi connectivity index (χ2v) is 10.7. The number of carbonyl (C=O) groups excluding carboxylic acids is 1. The van der Waals surface area contributed by atoms with Gasteiger partial charge in [-0.2, -0.15) is 0 Å². The molecule has 0 spiro atoms. The Morgan fingerprint density at radius 1 is 0.943 bits per heavy atom. The minimum Gasteiger partial charge on any atom is -0.349 e. The predicted molar refractivity (Wildman–Crippen MR) is 145 cm³/mol. The van der Waals surface area contributed by atoms with Gasteiger partial charge in [-0.05, 0) is 68.8 Å². The summed E-state index contributed by atoms with van der Waals surface area (Å²) in [7, 11) is 2.20. The summed E-state index contributed by atoms with van der Waals surface area (Å²) in [5, 5.41) is 3.30. The third-order valence-corrected chi connectivity index (χ3v) is 7.99. The van der Waals surface area contributed by atoms with Gasteiger partial charge in [-0.25, -0.2) is 0 Å². The third kappa shape index (κ3) is 6.02. The quantitative estimate of drug-likeness (QED) is 0.379. The molecular formula is C32H40N2O. The Kier molecular flexibility index (Phi) is 8.07. The minimum atomic E-state index is -0.0713. The van der Waals surface area contributed by atoms with E-state index in [1.165, 1.54) is 23.1 Å². The molecule has 0 bridgehead atoms. The van der Waals surface area contributed by atoms with Gasteiger partial charge in [0.15, 0.2) is 0 Å². The van der Waals surface area contributed by atoms with Crippen LogP contribution in [-0.4, -0.2) is 17.9 Å². The summed E-state index contributed by atoms with van der Waals surface area (Å²) in [6.45, 7) is 7.50. The normalized spacial score (nSPS) is 19.3. The minimum absolute atomic E-state index is 0.0199. The van der Waals surface area contributed by atoms with Gasteiger partial charge in [0.2, 0.25) is 5.91 Å². The highest BCUT2D eigenvalue weighted by molar-refractivity contribution is 5.80. The smallest absolute Gasteiger partial charge is 0.224 e. The van der Waals surface area contributed by atoms with Crippen molar-refractivity contribution in [1.82, 2.24) is 10.2 Å². The molecule has 1 aliphatic rings. The molecule has 3 nitrogen and oxygen atoms in total. The highest BCUT2D eigenvalue weighted by atomic mass is 16.2. The zero-order valence-electron chi connectivity index (χ0n) is 21.7. The molecule has 1 aliphatic carbocycles. The van der Waals surface area contributed by atoms with E-state index in [9.17, 15) is 4.79 Å². The predicted octanol–water partition coefficient (Wildman–Crippen LogP) is 7.20. The van der Waals surface area contributed by atoms with Crippen LogP contribution in [0, 0.1) is 5.92 Å². The van der Waals surface area contributed by atoms with Crippen LogP contribution >= 0.6 is 0 Å². The average Bonchev–Trinajstić information content (AvgIpc) is 2.89. The zero-order valence-corrected chi connectivity index (χ0v) is 21.7. The SMILES string of the molecule is C[C@H](NC(=O)C1CCCCC1c1cccc(CN(C)C(C)(C)c2ccccc2)c1)c1ccccc1. The Morgan fingerprint density at radius 3 is 2.31 bits per heavy atom. The van der Waals surface area contributed by atoms with Crippen molar-refractivity contribution in [2.75, 3.05) is 7.05 Å². The van der Waals surface area contributed by atoms with Gasteiger partial charge in [-0.1, -0.05) is 97.8 Å². The van der Waals surface area contributed by atoms with Crippen molar-refractivity contribution in [2.45, 2.75) is 70.5 Å².